The molecule has 0 heterocycles. The van der Waals surface area contributed by atoms with Gasteiger partial charge in [-0.3, -0.25) is 0 Å². The Kier molecular flexibility index (Phi) is 3.48. The molecule has 0 aromatic rings. The van der Waals surface area contributed by atoms with Gasteiger partial charge in [-0.2, -0.15) is 0 Å². The second-order valence-corrected chi connectivity index (χ2v) is 1.08. The summed E-state index contributed by atoms with van der Waals surface area (Å²) in [6.45, 7) is 7.80. The van der Waals surface area contributed by atoms with Gasteiger partial charge in [-0.15, -0.1) is 0 Å². The van der Waals surface area contributed by atoms with E-state index < -0.39 is 0 Å². The summed E-state index contributed by atoms with van der Waals surface area (Å²) in [5, 5.41) is 0. The molecule has 0 bridgehead atoms. The van der Waals surface area contributed by atoms with Crippen LogP contribution in [0.1, 0.15) is 0 Å². The molecule has 0 aliphatic heterocycles. The molecule has 0 amide bonds. The van der Waals surface area contributed by atoms with Crippen LogP contribution in [0.5, 0.6) is 0 Å². The van der Waals surface area contributed by atoms with Crippen LogP contribution in [0.15, 0.2) is 0 Å². The molecule has 0 fully saturated rings. The average molecular weight is 98.1 g/mol. The summed E-state index contributed by atoms with van der Waals surface area (Å²) in [4.78, 5) is 1.35. The number of hydrogen-bond donors (Lipinski definition) is 0. The molecule has 39 valence electrons. The standard InChI is InChI=1S/C5H8NO/c1-3-6(4-2)5-7/h1-4H2. The molecule has 0 N–H and O–H groups in total. The summed E-state index contributed by atoms with van der Waals surface area (Å²) in [5.74, 6) is 0. The number of rotatable bonds is 2. The molecule has 7 heavy (non-hydrogen) atoms. The fourth-order valence-corrected chi connectivity index (χ4v) is 0.203. The van der Waals surface area contributed by atoms with Crippen molar-refractivity contribution in [3.8, 4) is 6.27 Å². The van der Waals surface area contributed by atoms with Crippen molar-refractivity contribution in [3.05, 3.63) is 13.8 Å². The van der Waals surface area contributed by atoms with E-state index >= 15 is 0 Å². The molecule has 0 rings (SSSR count). The molecule has 2 nitrogen and oxygen atoms in total. The summed E-state index contributed by atoms with van der Waals surface area (Å²) in [7, 11) is 0. The maximum absolute atomic E-state index is 9.69. The van der Waals surface area contributed by atoms with Gasteiger partial charge in [0.15, 0.2) is 0 Å². The quantitative estimate of drug-likeness (QED) is 0.277. The monoisotopic (exact) mass is 98.1 g/mol. The Morgan fingerprint density at radius 1 is 1.86 bits per heavy atom. The Labute approximate surface area is 43.8 Å². The summed E-state index contributed by atoms with van der Waals surface area (Å²) in [6, 6.07) is 0. The zero-order chi connectivity index (χ0) is 5.70. The van der Waals surface area contributed by atoms with E-state index in [9.17, 15) is 4.65 Å². The van der Waals surface area contributed by atoms with E-state index in [1.165, 1.54) is 4.90 Å². The Hall–Kier alpha value is -0.460. The van der Waals surface area contributed by atoms with E-state index in [0.717, 1.165) is 0 Å². The van der Waals surface area contributed by atoms with E-state index in [2.05, 4.69) is 13.8 Å². The molecular weight excluding hydrogens is 90.1 g/mol. The van der Waals surface area contributed by atoms with Crippen molar-refractivity contribution in [1.82, 2.24) is 4.90 Å². The molecule has 1 radical (unpaired) electrons. The molecule has 2 heteroatoms. The third-order valence-corrected chi connectivity index (χ3v) is 0.669. The predicted octanol–water partition coefficient (Wildman–Crippen LogP) is 0.304. The van der Waals surface area contributed by atoms with Crippen molar-refractivity contribution in [1.29, 1.82) is 0 Å². The molecule has 0 unspecified atom stereocenters. The van der Waals surface area contributed by atoms with E-state index in [1.807, 2.05) is 0 Å². The van der Waals surface area contributed by atoms with E-state index in [-0.39, 0.29) is 0 Å². The third-order valence-electron chi connectivity index (χ3n) is 0.669. The third kappa shape index (κ3) is 2.26. The second kappa shape index (κ2) is 3.72. The zero-order valence-corrected chi connectivity index (χ0v) is 4.18. The van der Waals surface area contributed by atoms with Crippen LogP contribution in [0.2, 0.25) is 0 Å². The molecule has 0 aromatic carbocycles. The molecule has 0 spiro atoms. The van der Waals surface area contributed by atoms with Gasteiger partial charge in [-0.25, -0.2) is 0 Å². The molecule has 0 aliphatic carbocycles. The van der Waals surface area contributed by atoms with Crippen LogP contribution in [0.3, 0.4) is 0 Å². The van der Waals surface area contributed by atoms with Crippen LogP contribution < -0.4 is 0 Å². The van der Waals surface area contributed by atoms with E-state index in [0.29, 0.717) is 13.1 Å². The number of hydrogen-bond acceptors (Lipinski definition) is 1. The first kappa shape index (κ1) is 6.54. The maximum atomic E-state index is 9.69. The van der Waals surface area contributed by atoms with Gasteiger partial charge in [0, 0.05) is 0 Å². The molecule has 0 saturated carbocycles. The Balaban J connectivity index is 3.23. The molecule has 0 aromatic heterocycles. The Morgan fingerprint density at radius 2 is 2.43 bits per heavy atom. The predicted molar refractivity (Wildman–Crippen MR) is 26.9 cm³/mol. The SMILES string of the molecule is [CH2]CN(C#[O+])C[CH2-]. The zero-order valence-electron chi connectivity index (χ0n) is 4.18. The van der Waals surface area contributed by atoms with Crippen molar-refractivity contribution in [2.45, 2.75) is 0 Å². The van der Waals surface area contributed by atoms with Crippen LogP contribution >= 0.6 is 0 Å². The first-order valence-corrected chi connectivity index (χ1v) is 2.06. The molecular formula is C5H8NO. The number of nitrogens with zero attached hydrogens (tertiary/aromatic N) is 1. The first-order valence-electron chi connectivity index (χ1n) is 2.06. The minimum absolute atomic E-state index is 0.451. The van der Waals surface area contributed by atoms with Crippen LogP contribution in [0.25, 0.3) is 0 Å². The van der Waals surface area contributed by atoms with Gasteiger partial charge in [0.1, 0.15) is 0 Å². The summed E-state index contributed by atoms with van der Waals surface area (Å²) in [5.41, 5.74) is 0. The van der Waals surface area contributed by atoms with Crippen molar-refractivity contribution in [2.75, 3.05) is 13.1 Å². The van der Waals surface area contributed by atoms with Gasteiger partial charge >= 0.3 is 42.8 Å². The van der Waals surface area contributed by atoms with Gasteiger partial charge in [0.25, 0.3) is 0 Å². The van der Waals surface area contributed by atoms with Crippen LogP contribution in [0.4, 0.5) is 0 Å². The van der Waals surface area contributed by atoms with Crippen molar-refractivity contribution >= 4 is 0 Å². The van der Waals surface area contributed by atoms with Gasteiger partial charge in [-0.1, -0.05) is 0 Å². The van der Waals surface area contributed by atoms with E-state index in [4.69, 9.17) is 0 Å². The topological polar surface area (TPSA) is 23.1 Å². The van der Waals surface area contributed by atoms with Gasteiger partial charge in [0.05, 0.1) is 0 Å². The summed E-state index contributed by atoms with van der Waals surface area (Å²) >= 11 is 0. The Bertz CT molecular complexity index is 70.6. The van der Waals surface area contributed by atoms with Crippen molar-refractivity contribution < 1.29 is 4.65 Å². The molecule has 0 aliphatic rings. The summed E-state index contributed by atoms with van der Waals surface area (Å²) in [6.07, 6.45) is 1.66. The normalized spacial score (nSPS) is 7.57. The van der Waals surface area contributed by atoms with Gasteiger partial charge in [0.2, 0.25) is 0 Å². The van der Waals surface area contributed by atoms with Crippen molar-refractivity contribution in [2.24, 2.45) is 0 Å². The fraction of sp³-hybridized carbons (Fsp3) is 0.400. The van der Waals surface area contributed by atoms with E-state index in [1.54, 1.807) is 6.27 Å². The minimum atomic E-state index is 0.451. The fourth-order valence-electron chi connectivity index (χ4n) is 0.203. The average Bonchev–Trinajstić information content (AvgIpc) is 1.72. The van der Waals surface area contributed by atoms with Crippen LogP contribution in [-0.2, 0) is 4.65 Å². The van der Waals surface area contributed by atoms with Gasteiger partial charge < -0.3 is 0 Å². The molecule has 0 saturated heterocycles. The first-order chi connectivity index (χ1) is 3.35. The summed E-state index contributed by atoms with van der Waals surface area (Å²) < 4.78 is 9.69. The second-order valence-electron chi connectivity index (χ2n) is 1.08. The van der Waals surface area contributed by atoms with Crippen LogP contribution in [0, 0.1) is 20.1 Å². The van der Waals surface area contributed by atoms with Gasteiger partial charge in [-0.05, 0) is 0 Å². The molecule has 0 atom stereocenters. The van der Waals surface area contributed by atoms with Crippen LogP contribution in [-0.4, -0.2) is 18.0 Å². The van der Waals surface area contributed by atoms with Crippen molar-refractivity contribution in [3.63, 3.8) is 0 Å². The Morgan fingerprint density at radius 3 is 2.43 bits per heavy atom.